The maximum Gasteiger partial charge on any atom is 0.307 e. The van der Waals surface area contributed by atoms with E-state index in [-0.39, 0.29) is 30.3 Å². The van der Waals surface area contributed by atoms with Gasteiger partial charge in [0.15, 0.2) is 0 Å². The van der Waals surface area contributed by atoms with Gasteiger partial charge in [0, 0.05) is 6.54 Å². The fraction of sp³-hybridized carbons (Fsp3) is 0.895. The zero-order chi connectivity index (χ0) is 17.5. The molecule has 0 atom stereocenters. The van der Waals surface area contributed by atoms with Crippen LogP contribution in [0.3, 0.4) is 0 Å². The van der Waals surface area contributed by atoms with Gasteiger partial charge in [0.1, 0.15) is 0 Å². The van der Waals surface area contributed by atoms with Gasteiger partial charge >= 0.3 is 5.97 Å². The highest BCUT2D eigenvalue weighted by Crippen LogP contribution is 2.60. The number of esters is 1. The van der Waals surface area contributed by atoms with Crippen LogP contribution in [-0.4, -0.2) is 47.7 Å². The van der Waals surface area contributed by atoms with Crippen molar-refractivity contribution < 1.29 is 19.4 Å². The van der Waals surface area contributed by atoms with Gasteiger partial charge in [0.05, 0.1) is 31.1 Å². The van der Waals surface area contributed by atoms with Crippen LogP contribution in [0.2, 0.25) is 0 Å². The highest BCUT2D eigenvalue weighted by Gasteiger charge is 2.56. The van der Waals surface area contributed by atoms with Crippen LogP contribution in [0.4, 0.5) is 0 Å². The Morgan fingerprint density at radius 3 is 2.04 bits per heavy atom. The Kier molecular flexibility index (Phi) is 4.67. The molecule has 0 radical (unpaired) electrons. The molecule has 4 fully saturated rings. The Morgan fingerprint density at radius 1 is 1.12 bits per heavy atom. The minimum atomic E-state index is -0.658. The third-order valence-corrected chi connectivity index (χ3v) is 6.62. The predicted octanol–water partition coefficient (Wildman–Crippen LogP) is 2.37. The molecule has 24 heavy (non-hydrogen) atoms. The monoisotopic (exact) mass is 337 g/mol. The topological polar surface area (TPSA) is 66.8 Å². The number of carbonyl (C=O) groups is 2. The lowest BCUT2D eigenvalue weighted by molar-refractivity contribution is -0.165. The standard InChI is InChI=1S/C19H31NO4/c1-18(2,12-21)20(5-4-16(22)24-3)17(23)19-9-13-6-14(10-19)8-15(7-13)11-19/h13-15,21H,4-12H2,1-3H3. The Balaban J connectivity index is 1.81. The van der Waals surface area contributed by atoms with E-state index >= 15 is 0 Å². The molecular weight excluding hydrogens is 306 g/mol. The van der Waals surface area contributed by atoms with Gasteiger partial charge in [-0.25, -0.2) is 0 Å². The van der Waals surface area contributed by atoms with Crippen LogP contribution >= 0.6 is 0 Å². The molecule has 0 heterocycles. The predicted molar refractivity (Wildman–Crippen MR) is 90.1 cm³/mol. The molecule has 0 unspecified atom stereocenters. The molecule has 0 aromatic heterocycles. The fourth-order valence-electron chi connectivity index (χ4n) is 5.73. The smallest absolute Gasteiger partial charge is 0.307 e. The molecule has 0 aliphatic heterocycles. The Morgan fingerprint density at radius 2 is 1.62 bits per heavy atom. The molecule has 4 bridgehead atoms. The van der Waals surface area contributed by atoms with Crippen LogP contribution in [0.1, 0.15) is 58.8 Å². The molecule has 0 spiro atoms. The number of rotatable bonds is 6. The van der Waals surface area contributed by atoms with E-state index < -0.39 is 5.54 Å². The van der Waals surface area contributed by atoms with Crippen molar-refractivity contribution in [3.8, 4) is 0 Å². The average Bonchev–Trinajstić information content (AvgIpc) is 2.53. The van der Waals surface area contributed by atoms with Gasteiger partial charge in [0.25, 0.3) is 0 Å². The summed E-state index contributed by atoms with van der Waals surface area (Å²) in [5.74, 6) is 1.93. The van der Waals surface area contributed by atoms with Crippen LogP contribution in [0, 0.1) is 23.2 Å². The lowest BCUT2D eigenvalue weighted by Gasteiger charge is -2.57. The van der Waals surface area contributed by atoms with E-state index in [0.717, 1.165) is 19.3 Å². The van der Waals surface area contributed by atoms with E-state index in [4.69, 9.17) is 4.74 Å². The molecule has 136 valence electrons. The van der Waals surface area contributed by atoms with Crippen molar-refractivity contribution in [3.05, 3.63) is 0 Å². The third kappa shape index (κ3) is 3.07. The Labute approximate surface area is 144 Å². The SMILES string of the molecule is COC(=O)CCN(C(=O)C12CC3CC(CC(C3)C1)C2)C(C)(C)CO. The van der Waals surface area contributed by atoms with Gasteiger partial charge in [-0.3, -0.25) is 9.59 Å². The van der Waals surface area contributed by atoms with Gasteiger partial charge in [-0.05, 0) is 70.1 Å². The molecule has 0 aromatic rings. The van der Waals surface area contributed by atoms with Crippen molar-refractivity contribution in [3.63, 3.8) is 0 Å². The summed E-state index contributed by atoms with van der Waals surface area (Å²) in [7, 11) is 1.37. The highest BCUT2D eigenvalue weighted by atomic mass is 16.5. The van der Waals surface area contributed by atoms with Crippen LogP contribution in [0.5, 0.6) is 0 Å². The number of aliphatic hydroxyl groups excluding tert-OH is 1. The zero-order valence-electron chi connectivity index (χ0n) is 15.2. The molecule has 5 nitrogen and oxygen atoms in total. The minimum absolute atomic E-state index is 0.105. The third-order valence-electron chi connectivity index (χ3n) is 6.62. The van der Waals surface area contributed by atoms with Gasteiger partial charge < -0.3 is 14.7 Å². The molecule has 1 N–H and O–H groups in total. The van der Waals surface area contributed by atoms with Crippen LogP contribution < -0.4 is 0 Å². The largest absolute Gasteiger partial charge is 0.469 e. The van der Waals surface area contributed by atoms with E-state index in [1.54, 1.807) is 4.90 Å². The van der Waals surface area contributed by atoms with E-state index in [1.165, 1.54) is 26.4 Å². The summed E-state index contributed by atoms with van der Waals surface area (Å²) in [6, 6.07) is 0. The van der Waals surface area contributed by atoms with Crippen molar-refractivity contribution in [1.82, 2.24) is 4.90 Å². The minimum Gasteiger partial charge on any atom is -0.469 e. The second kappa shape index (κ2) is 6.32. The van der Waals surface area contributed by atoms with Crippen molar-refractivity contribution >= 4 is 11.9 Å². The van der Waals surface area contributed by atoms with E-state index in [0.29, 0.717) is 24.3 Å². The number of nitrogens with zero attached hydrogens (tertiary/aromatic N) is 1. The molecule has 0 saturated heterocycles. The molecule has 4 aliphatic rings. The van der Waals surface area contributed by atoms with Crippen LogP contribution in [-0.2, 0) is 14.3 Å². The van der Waals surface area contributed by atoms with Crippen molar-refractivity contribution in [2.75, 3.05) is 20.3 Å². The van der Waals surface area contributed by atoms with Gasteiger partial charge in [-0.15, -0.1) is 0 Å². The van der Waals surface area contributed by atoms with E-state index in [1.807, 2.05) is 13.8 Å². The maximum absolute atomic E-state index is 13.6. The molecule has 4 rings (SSSR count). The number of hydrogen-bond acceptors (Lipinski definition) is 4. The lowest BCUT2D eigenvalue weighted by Crippen LogP contribution is -2.60. The summed E-state index contributed by atoms with van der Waals surface area (Å²) in [6.07, 6.45) is 7.03. The summed E-state index contributed by atoms with van der Waals surface area (Å²) < 4.78 is 4.74. The average molecular weight is 337 g/mol. The second-order valence-electron chi connectivity index (χ2n) is 8.95. The van der Waals surface area contributed by atoms with Crippen molar-refractivity contribution in [2.24, 2.45) is 23.2 Å². The van der Waals surface area contributed by atoms with Gasteiger partial charge in [-0.1, -0.05) is 0 Å². The molecule has 4 saturated carbocycles. The number of amides is 1. The first-order valence-corrected chi connectivity index (χ1v) is 9.29. The molecule has 4 aliphatic carbocycles. The molecule has 5 heteroatoms. The fourth-order valence-corrected chi connectivity index (χ4v) is 5.73. The van der Waals surface area contributed by atoms with Crippen molar-refractivity contribution in [2.45, 2.75) is 64.3 Å². The first-order valence-electron chi connectivity index (χ1n) is 9.29. The number of methoxy groups -OCH3 is 1. The number of ether oxygens (including phenoxy) is 1. The summed E-state index contributed by atoms with van der Waals surface area (Å²) in [6.45, 7) is 3.97. The summed E-state index contributed by atoms with van der Waals surface area (Å²) in [4.78, 5) is 26.9. The molecule has 0 aromatic carbocycles. The Bertz CT molecular complexity index is 478. The first-order chi connectivity index (χ1) is 11.3. The number of aliphatic hydroxyl groups is 1. The number of hydrogen-bond donors (Lipinski definition) is 1. The van der Waals surface area contributed by atoms with Crippen molar-refractivity contribution in [1.29, 1.82) is 0 Å². The first kappa shape index (κ1) is 17.7. The summed E-state index contributed by atoms with van der Waals surface area (Å²) in [5, 5.41) is 9.81. The van der Waals surface area contributed by atoms with Crippen LogP contribution in [0.25, 0.3) is 0 Å². The maximum atomic E-state index is 13.6. The quantitative estimate of drug-likeness (QED) is 0.756. The number of carbonyl (C=O) groups excluding carboxylic acids is 2. The molecular formula is C19H31NO4. The summed E-state index contributed by atoms with van der Waals surface area (Å²) in [5.41, 5.74) is -0.911. The second-order valence-corrected chi connectivity index (χ2v) is 8.95. The zero-order valence-corrected chi connectivity index (χ0v) is 15.2. The van der Waals surface area contributed by atoms with Gasteiger partial charge in [-0.2, -0.15) is 0 Å². The van der Waals surface area contributed by atoms with Crippen LogP contribution in [0.15, 0.2) is 0 Å². The Hall–Kier alpha value is -1.10. The summed E-state index contributed by atoms with van der Waals surface area (Å²) >= 11 is 0. The highest BCUT2D eigenvalue weighted by molar-refractivity contribution is 5.84. The van der Waals surface area contributed by atoms with E-state index in [9.17, 15) is 14.7 Å². The molecule has 1 amide bonds. The van der Waals surface area contributed by atoms with E-state index in [2.05, 4.69) is 0 Å². The van der Waals surface area contributed by atoms with Gasteiger partial charge in [0.2, 0.25) is 5.91 Å². The normalized spacial score (nSPS) is 34.2. The lowest BCUT2D eigenvalue weighted by atomic mass is 9.49.